The molecule has 0 saturated carbocycles. The fourth-order valence-electron chi connectivity index (χ4n) is 2.20. The van der Waals surface area contributed by atoms with Gasteiger partial charge in [0.25, 0.3) is 0 Å². The molecule has 1 aromatic rings. The van der Waals surface area contributed by atoms with Crippen molar-refractivity contribution in [1.82, 2.24) is 15.1 Å². The summed E-state index contributed by atoms with van der Waals surface area (Å²) in [6.07, 6.45) is 0. The van der Waals surface area contributed by atoms with Crippen molar-refractivity contribution < 1.29 is 4.74 Å². The van der Waals surface area contributed by atoms with E-state index in [9.17, 15) is 0 Å². The summed E-state index contributed by atoms with van der Waals surface area (Å²) >= 11 is 0. The normalized spacial score (nSPS) is 31.5. The molecular formula is C9H13N3O. The third kappa shape index (κ3) is 1.02. The summed E-state index contributed by atoms with van der Waals surface area (Å²) in [7, 11) is 0. The molecule has 2 aliphatic heterocycles. The van der Waals surface area contributed by atoms with Gasteiger partial charge in [0.05, 0.1) is 36.7 Å². The van der Waals surface area contributed by atoms with Crippen LogP contribution in [0.25, 0.3) is 0 Å². The van der Waals surface area contributed by atoms with Crippen molar-refractivity contribution in [3.05, 3.63) is 17.5 Å². The number of aromatic nitrogens is 2. The zero-order valence-corrected chi connectivity index (χ0v) is 7.66. The molecule has 2 aliphatic rings. The zero-order chi connectivity index (χ0) is 8.84. The molecule has 0 unspecified atom stereocenters. The zero-order valence-electron chi connectivity index (χ0n) is 7.66. The second-order valence-corrected chi connectivity index (χ2v) is 3.81. The Kier molecular flexibility index (Phi) is 1.48. The highest BCUT2D eigenvalue weighted by Gasteiger charge is 2.34. The largest absolute Gasteiger partial charge is 0.377 e. The van der Waals surface area contributed by atoms with Crippen LogP contribution in [0.5, 0.6) is 0 Å². The molecule has 1 N–H and O–H groups in total. The van der Waals surface area contributed by atoms with Gasteiger partial charge in [-0.2, -0.15) is 5.10 Å². The fourth-order valence-corrected chi connectivity index (χ4v) is 2.20. The first kappa shape index (κ1) is 7.53. The number of ether oxygens (including phenoxy) is 1. The maximum Gasteiger partial charge on any atom is 0.0931 e. The average Bonchev–Trinajstić information content (AvgIpc) is 2.65. The number of fused-ring (bicyclic) bond motifs is 3. The Morgan fingerprint density at radius 1 is 1.62 bits per heavy atom. The second-order valence-electron chi connectivity index (χ2n) is 3.81. The lowest BCUT2D eigenvalue weighted by atomic mass is 10.1. The SMILES string of the molecule is Cc1cc2n(n1)[C@H]1COC[C@H]1NC2. The van der Waals surface area contributed by atoms with E-state index in [1.165, 1.54) is 5.69 Å². The lowest BCUT2D eigenvalue weighted by molar-refractivity contribution is 0.183. The first-order valence-electron chi connectivity index (χ1n) is 4.71. The number of nitrogens with one attached hydrogen (secondary N) is 1. The van der Waals surface area contributed by atoms with Crippen LogP contribution in [0.2, 0.25) is 0 Å². The Bertz CT molecular complexity index is 334. The van der Waals surface area contributed by atoms with Gasteiger partial charge in [-0.05, 0) is 13.0 Å². The number of nitrogens with zero attached hydrogens (tertiary/aromatic N) is 2. The molecule has 13 heavy (non-hydrogen) atoms. The minimum absolute atomic E-state index is 0.414. The van der Waals surface area contributed by atoms with E-state index in [1.54, 1.807) is 0 Å². The fraction of sp³-hybridized carbons (Fsp3) is 0.667. The van der Waals surface area contributed by atoms with Gasteiger partial charge in [-0.25, -0.2) is 0 Å². The van der Waals surface area contributed by atoms with Gasteiger partial charge in [0.1, 0.15) is 0 Å². The highest BCUT2D eigenvalue weighted by molar-refractivity contribution is 5.13. The Labute approximate surface area is 76.9 Å². The molecule has 0 bridgehead atoms. The van der Waals surface area contributed by atoms with Gasteiger partial charge in [0.2, 0.25) is 0 Å². The van der Waals surface area contributed by atoms with Gasteiger partial charge in [-0.3, -0.25) is 4.68 Å². The summed E-state index contributed by atoms with van der Waals surface area (Å²) in [6, 6.07) is 3.02. The van der Waals surface area contributed by atoms with E-state index >= 15 is 0 Å². The monoisotopic (exact) mass is 179 g/mol. The van der Waals surface area contributed by atoms with E-state index in [2.05, 4.69) is 21.2 Å². The average molecular weight is 179 g/mol. The summed E-state index contributed by atoms with van der Waals surface area (Å²) in [5, 5.41) is 7.96. The highest BCUT2D eigenvalue weighted by atomic mass is 16.5. The Balaban J connectivity index is 2.05. The molecule has 1 aromatic heterocycles. The molecule has 1 saturated heterocycles. The summed E-state index contributed by atoms with van der Waals surface area (Å²) in [5.41, 5.74) is 2.38. The van der Waals surface area contributed by atoms with Gasteiger partial charge in [0.15, 0.2) is 0 Å². The van der Waals surface area contributed by atoms with Crippen molar-refractivity contribution >= 4 is 0 Å². The summed E-state index contributed by atoms with van der Waals surface area (Å²) in [5.74, 6) is 0. The van der Waals surface area contributed by atoms with E-state index in [4.69, 9.17) is 4.74 Å². The first-order valence-corrected chi connectivity index (χ1v) is 4.71. The molecule has 0 amide bonds. The first-order chi connectivity index (χ1) is 6.34. The van der Waals surface area contributed by atoms with Crippen LogP contribution < -0.4 is 5.32 Å². The van der Waals surface area contributed by atoms with Crippen molar-refractivity contribution in [1.29, 1.82) is 0 Å². The molecule has 70 valence electrons. The third-order valence-electron chi connectivity index (χ3n) is 2.85. The van der Waals surface area contributed by atoms with E-state index < -0.39 is 0 Å². The predicted molar refractivity (Wildman–Crippen MR) is 47.4 cm³/mol. The van der Waals surface area contributed by atoms with Crippen LogP contribution in [0.15, 0.2) is 6.07 Å². The lowest BCUT2D eigenvalue weighted by Gasteiger charge is -2.26. The minimum atomic E-state index is 0.414. The number of rotatable bonds is 0. The molecule has 4 nitrogen and oxygen atoms in total. The molecule has 1 fully saturated rings. The van der Waals surface area contributed by atoms with Crippen LogP contribution in [0.1, 0.15) is 17.4 Å². The third-order valence-corrected chi connectivity index (χ3v) is 2.85. The van der Waals surface area contributed by atoms with Gasteiger partial charge in [0, 0.05) is 6.54 Å². The van der Waals surface area contributed by atoms with Crippen molar-refractivity contribution in [2.75, 3.05) is 13.2 Å². The van der Waals surface area contributed by atoms with Gasteiger partial charge >= 0.3 is 0 Å². The van der Waals surface area contributed by atoms with E-state index in [1.807, 2.05) is 6.92 Å². The number of hydrogen-bond donors (Lipinski definition) is 1. The van der Waals surface area contributed by atoms with Crippen LogP contribution in [0.3, 0.4) is 0 Å². The molecule has 3 rings (SSSR count). The molecule has 0 aromatic carbocycles. The van der Waals surface area contributed by atoms with Crippen molar-refractivity contribution in [2.45, 2.75) is 25.6 Å². The molecule has 4 heteroatoms. The predicted octanol–water partition coefficient (Wildman–Crippen LogP) is 0.235. The summed E-state index contributed by atoms with van der Waals surface area (Å²) in [4.78, 5) is 0. The molecule has 0 spiro atoms. The second kappa shape index (κ2) is 2.56. The Morgan fingerprint density at radius 3 is 3.46 bits per heavy atom. The van der Waals surface area contributed by atoms with Crippen molar-refractivity contribution in [3.63, 3.8) is 0 Å². The molecule has 3 heterocycles. The minimum Gasteiger partial charge on any atom is -0.377 e. The summed E-state index contributed by atoms with van der Waals surface area (Å²) < 4.78 is 7.56. The van der Waals surface area contributed by atoms with Gasteiger partial charge in [-0.15, -0.1) is 0 Å². The molecule has 0 radical (unpaired) electrons. The maximum absolute atomic E-state index is 5.43. The van der Waals surface area contributed by atoms with E-state index in [0.29, 0.717) is 12.1 Å². The van der Waals surface area contributed by atoms with Crippen LogP contribution >= 0.6 is 0 Å². The van der Waals surface area contributed by atoms with Crippen LogP contribution in [0, 0.1) is 6.92 Å². The molecule has 0 aliphatic carbocycles. The van der Waals surface area contributed by atoms with Crippen LogP contribution in [0.4, 0.5) is 0 Å². The number of hydrogen-bond acceptors (Lipinski definition) is 3. The highest BCUT2D eigenvalue weighted by Crippen LogP contribution is 2.25. The topological polar surface area (TPSA) is 39.1 Å². The van der Waals surface area contributed by atoms with Crippen LogP contribution in [-0.2, 0) is 11.3 Å². The van der Waals surface area contributed by atoms with Crippen molar-refractivity contribution in [2.24, 2.45) is 0 Å². The van der Waals surface area contributed by atoms with E-state index in [-0.39, 0.29) is 0 Å². The standard InChI is InChI=1S/C9H13N3O/c1-6-2-7-3-10-8-4-13-5-9(8)12(7)11-6/h2,8-10H,3-5H2,1H3/t8-,9+/m1/s1. The smallest absolute Gasteiger partial charge is 0.0931 e. The van der Waals surface area contributed by atoms with Gasteiger partial charge in [-0.1, -0.05) is 0 Å². The number of aryl methyl sites for hydroxylation is 1. The lowest BCUT2D eigenvalue weighted by Crippen LogP contribution is -2.42. The van der Waals surface area contributed by atoms with Crippen LogP contribution in [-0.4, -0.2) is 29.0 Å². The maximum atomic E-state index is 5.43. The molecule has 2 atom stereocenters. The molecular weight excluding hydrogens is 166 g/mol. The Morgan fingerprint density at radius 2 is 2.54 bits per heavy atom. The van der Waals surface area contributed by atoms with Gasteiger partial charge < -0.3 is 10.1 Å². The quantitative estimate of drug-likeness (QED) is 0.620. The Hall–Kier alpha value is -0.870. The van der Waals surface area contributed by atoms with E-state index in [0.717, 1.165) is 25.5 Å². The van der Waals surface area contributed by atoms with Crippen molar-refractivity contribution in [3.8, 4) is 0 Å². The summed E-state index contributed by atoms with van der Waals surface area (Å²) in [6.45, 7) is 4.58.